The molecule has 2 amide bonds. The number of aromatic nitrogens is 3. The highest BCUT2D eigenvalue weighted by Crippen LogP contribution is 2.40. The predicted molar refractivity (Wildman–Crippen MR) is 222 cm³/mol. The van der Waals surface area contributed by atoms with Gasteiger partial charge in [-0.05, 0) is 92.5 Å². The molecule has 0 unspecified atom stereocenters. The van der Waals surface area contributed by atoms with Gasteiger partial charge in [-0.1, -0.05) is 46.4 Å². The molecule has 12 nitrogen and oxygen atoms in total. The summed E-state index contributed by atoms with van der Waals surface area (Å²) in [7, 11) is 1.68. The molecule has 4 heterocycles. The van der Waals surface area contributed by atoms with Gasteiger partial charge in [-0.2, -0.15) is 0 Å². The van der Waals surface area contributed by atoms with Crippen LogP contribution in [-0.2, 0) is 43.2 Å². The topological polar surface area (TPSA) is 143 Å². The quantitative estimate of drug-likeness (QED) is 0.0955. The lowest BCUT2D eigenvalue weighted by molar-refractivity contribution is -0.155. The number of cyclic esters (lactones) is 1. The molecule has 2 aromatic heterocycles. The number of methoxy groups -OCH3 is 1. The molecule has 0 saturated carbocycles. The molecule has 4 aromatic rings. The van der Waals surface area contributed by atoms with Gasteiger partial charge in [0.2, 0.25) is 5.91 Å². The first-order chi connectivity index (χ1) is 26.8. The Morgan fingerprint density at radius 2 is 1.98 bits per heavy atom. The van der Waals surface area contributed by atoms with Gasteiger partial charge in [0, 0.05) is 61.1 Å². The van der Waals surface area contributed by atoms with Crippen molar-refractivity contribution in [2.75, 3.05) is 20.3 Å². The van der Waals surface area contributed by atoms with E-state index in [4.69, 9.17) is 14.5 Å². The number of hydrogen-bond acceptors (Lipinski definition) is 8. The average Bonchev–Trinajstić information content (AvgIpc) is 3.77. The smallest absolute Gasteiger partial charge is 0.324 e. The van der Waals surface area contributed by atoms with E-state index in [9.17, 15) is 14.4 Å². The van der Waals surface area contributed by atoms with Crippen LogP contribution in [0.1, 0.15) is 84.5 Å². The first-order valence-electron chi connectivity index (χ1n) is 19.8. The van der Waals surface area contributed by atoms with E-state index in [-0.39, 0.29) is 43.3 Å². The zero-order valence-electron chi connectivity index (χ0n) is 34.1. The number of fused-ring (bicyclic) bond motifs is 8. The highest BCUT2D eigenvalue weighted by molar-refractivity contribution is 5.97. The van der Waals surface area contributed by atoms with Gasteiger partial charge in [0.25, 0.3) is 5.91 Å². The Labute approximate surface area is 329 Å². The Morgan fingerprint density at radius 1 is 1.20 bits per heavy atom. The minimum Gasteiger partial charge on any atom is -0.464 e. The van der Waals surface area contributed by atoms with E-state index in [0.717, 1.165) is 61.2 Å². The zero-order valence-corrected chi connectivity index (χ0v) is 34.1. The third-order valence-corrected chi connectivity index (χ3v) is 10.8. The predicted octanol–water partition coefficient (Wildman–Crippen LogP) is 6.92. The maximum Gasteiger partial charge on any atom is 0.324 e. The molecular formula is C44H57N7O5. The van der Waals surface area contributed by atoms with E-state index < -0.39 is 23.5 Å². The fourth-order valence-corrected chi connectivity index (χ4v) is 8.08. The number of carbonyl (C=O) groups is 3. The molecule has 12 heteroatoms. The average molecular weight is 764 g/mol. The van der Waals surface area contributed by atoms with Crippen molar-refractivity contribution < 1.29 is 23.9 Å². The monoisotopic (exact) mass is 763 g/mol. The van der Waals surface area contributed by atoms with E-state index >= 15 is 0 Å². The minimum absolute atomic E-state index is 0.109. The second kappa shape index (κ2) is 17.0. The van der Waals surface area contributed by atoms with E-state index in [0.29, 0.717) is 32.4 Å². The summed E-state index contributed by atoms with van der Waals surface area (Å²) in [6.45, 7) is 19.7. The number of ether oxygens (including phenoxy) is 2. The standard InChI is InChI=1S/C44H57N7O5/c1-10-31(39(45-11-2)27(6)55-9)41-33-23-44(7,8)24-56-43(54)34-14-13-17-51(49-34)42(53)36(48-38(52)18-26(4)5)22-30-19-29(21-35-40(30)47-25-46-35)28-15-16-37(32(33)20-28)50(41)12-3/h10-11,15-16,19-21,25-27,34,36,49H,1,12-14,17-18,22-24H2,2-9H3,(H,46,47)(H,48,52)/b39-31+,45-11?/t27-,34-,36-/m0/s1. The van der Waals surface area contributed by atoms with Crippen molar-refractivity contribution >= 4 is 51.5 Å². The third-order valence-electron chi connectivity index (χ3n) is 10.8. The van der Waals surface area contributed by atoms with Crippen molar-refractivity contribution in [2.45, 2.75) is 105 Å². The van der Waals surface area contributed by atoms with Crippen LogP contribution in [0.2, 0.25) is 0 Å². The summed E-state index contributed by atoms with van der Waals surface area (Å²) in [6, 6.07) is 9.06. The van der Waals surface area contributed by atoms with E-state index in [1.165, 1.54) is 5.01 Å². The molecule has 2 aromatic carbocycles. The van der Waals surface area contributed by atoms with Gasteiger partial charge in [0.1, 0.15) is 12.1 Å². The molecule has 56 heavy (non-hydrogen) atoms. The number of carbonyl (C=O) groups excluding carboxylic acids is 3. The number of amides is 2. The highest BCUT2D eigenvalue weighted by atomic mass is 16.5. The summed E-state index contributed by atoms with van der Waals surface area (Å²) >= 11 is 0. The molecule has 3 atom stereocenters. The van der Waals surface area contributed by atoms with Gasteiger partial charge >= 0.3 is 5.97 Å². The van der Waals surface area contributed by atoms with Crippen LogP contribution >= 0.6 is 0 Å². The number of imidazole rings is 1. The Bertz CT molecular complexity index is 2190. The molecule has 298 valence electrons. The lowest BCUT2D eigenvalue weighted by Gasteiger charge is -2.35. The van der Waals surface area contributed by atoms with E-state index in [1.807, 2.05) is 33.8 Å². The van der Waals surface area contributed by atoms with Crippen molar-refractivity contribution in [2.24, 2.45) is 16.3 Å². The van der Waals surface area contributed by atoms with E-state index in [2.05, 4.69) is 83.0 Å². The second-order valence-electron chi connectivity index (χ2n) is 16.2. The SMILES string of the molecule is C=C/C(=C(\N=CC)[C@H](C)OC)c1c2c3cc(ccc3n1CC)-c1cc(c3nc[nH]c3c1)C[C@H](NC(=O)CC(C)C)C(=O)N1CCC[C@H](N1)C(=O)OCC(C)(C)C2. The van der Waals surface area contributed by atoms with Gasteiger partial charge in [0.15, 0.2) is 0 Å². The largest absolute Gasteiger partial charge is 0.464 e. The molecule has 2 aliphatic heterocycles. The molecule has 2 aliphatic rings. The highest BCUT2D eigenvalue weighted by Gasteiger charge is 2.35. The summed E-state index contributed by atoms with van der Waals surface area (Å²) in [4.78, 5) is 54.1. The molecule has 3 N–H and O–H groups in total. The summed E-state index contributed by atoms with van der Waals surface area (Å²) < 4.78 is 14.2. The van der Waals surface area contributed by atoms with Crippen LogP contribution in [0.5, 0.6) is 0 Å². The van der Waals surface area contributed by atoms with Crippen LogP contribution in [0.15, 0.2) is 60.0 Å². The summed E-state index contributed by atoms with van der Waals surface area (Å²) in [5.74, 6) is -0.825. The lowest BCUT2D eigenvalue weighted by Crippen LogP contribution is -2.60. The summed E-state index contributed by atoms with van der Waals surface area (Å²) in [6.07, 6.45) is 7.18. The van der Waals surface area contributed by atoms with Crippen molar-refractivity contribution in [3.8, 4) is 11.1 Å². The van der Waals surface area contributed by atoms with E-state index in [1.54, 1.807) is 19.7 Å². The Kier molecular flexibility index (Phi) is 12.3. The molecular weight excluding hydrogens is 707 g/mol. The van der Waals surface area contributed by atoms with Crippen LogP contribution in [0.4, 0.5) is 0 Å². The number of hydrogen-bond donors (Lipinski definition) is 3. The van der Waals surface area contributed by atoms with Crippen molar-refractivity contribution in [1.82, 2.24) is 30.3 Å². The molecule has 0 aliphatic carbocycles. The Hall–Kier alpha value is -5.07. The van der Waals surface area contributed by atoms with Crippen molar-refractivity contribution in [3.63, 3.8) is 0 Å². The Morgan fingerprint density at radius 3 is 2.68 bits per heavy atom. The number of H-pyrrole nitrogens is 1. The maximum atomic E-state index is 14.3. The second-order valence-corrected chi connectivity index (χ2v) is 16.2. The number of aliphatic imine (C=N–C) groups is 1. The van der Waals surface area contributed by atoms with Crippen molar-refractivity contribution in [3.05, 3.63) is 71.8 Å². The summed E-state index contributed by atoms with van der Waals surface area (Å²) in [5, 5.41) is 5.58. The number of hydrazine groups is 1. The first kappa shape index (κ1) is 40.6. The first-order valence-corrected chi connectivity index (χ1v) is 19.8. The van der Waals surface area contributed by atoms with Gasteiger partial charge in [-0.25, -0.2) is 10.4 Å². The molecule has 6 bridgehead atoms. The number of rotatable bonds is 9. The lowest BCUT2D eigenvalue weighted by atomic mass is 9.84. The Balaban J connectivity index is 1.61. The third kappa shape index (κ3) is 8.36. The number of benzene rings is 2. The molecule has 1 saturated heterocycles. The van der Waals surface area contributed by atoms with Crippen LogP contribution in [0.3, 0.4) is 0 Å². The number of aromatic amines is 1. The molecule has 0 spiro atoms. The molecule has 1 fully saturated rings. The van der Waals surface area contributed by atoms with Crippen LogP contribution in [-0.4, -0.2) is 82.0 Å². The van der Waals surface area contributed by atoms with Gasteiger partial charge in [-0.15, -0.1) is 0 Å². The van der Waals surface area contributed by atoms with Gasteiger partial charge in [0.05, 0.1) is 41.5 Å². The van der Waals surface area contributed by atoms with Crippen LogP contribution < -0.4 is 10.7 Å². The number of esters is 1. The van der Waals surface area contributed by atoms with Gasteiger partial charge < -0.3 is 24.3 Å². The minimum atomic E-state index is -0.898. The zero-order chi connectivity index (χ0) is 40.3. The fourth-order valence-electron chi connectivity index (χ4n) is 8.08. The van der Waals surface area contributed by atoms with Crippen molar-refractivity contribution in [1.29, 1.82) is 0 Å². The van der Waals surface area contributed by atoms with Gasteiger partial charge in [-0.3, -0.25) is 24.4 Å². The number of aryl methyl sites for hydroxylation is 1. The van der Waals surface area contributed by atoms with Crippen LogP contribution in [0.25, 0.3) is 38.6 Å². The number of allylic oxidation sites excluding steroid dienone is 2. The number of nitrogens with one attached hydrogen (secondary N) is 3. The normalized spacial score (nSPS) is 20.3. The molecule has 0 radical (unpaired) electrons. The number of nitrogens with zero attached hydrogens (tertiary/aromatic N) is 4. The summed E-state index contributed by atoms with van der Waals surface area (Å²) in [5.41, 5.74) is 11.8. The fraction of sp³-hybridized carbons (Fsp3) is 0.477. The van der Waals surface area contributed by atoms with Crippen LogP contribution in [0, 0.1) is 11.3 Å². The molecule has 6 rings (SSSR count). The maximum absolute atomic E-state index is 14.3.